The summed E-state index contributed by atoms with van der Waals surface area (Å²) >= 11 is 0. The van der Waals surface area contributed by atoms with Gasteiger partial charge in [0.05, 0.1) is 35.0 Å². The number of methoxy groups -OCH3 is 4. The van der Waals surface area contributed by atoms with E-state index in [1.54, 1.807) is 12.1 Å². The standard InChI is InChI=1S/C16H20O7/c1-19-11-6-9(7-12(20-2)14(11)21-3)5-10-8-23-16(18)13(10)15(17)22-4/h6-7,10,13H,5,8H2,1-4H3/t10-,13-/m0/s1. The molecule has 126 valence electrons. The van der Waals surface area contributed by atoms with Crippen LogP contribution < -0.4 is 14.2 Å². The zero-order valence-corrected chi connectivity index (χ0v) is 13.6. The fourth-order valence-electron chi connectivity index (χ4n) is 2.72. The van der Waals surface area contributed by atoms with Crippen LogP contribution in [0.25, 0.3) is 0 Å². The van der Waals surface area contributed by atoms with E-state index in [0.717, 1.165) is 5.56 Å². The van der Waals surface area contributed by atoms with Crippen LogP contribution in [0, 0.1) is 11.8 Å². The predicted octanol–water partition coefficient (Wildman–Crippen LogP) is 1.22. The van der Waals surface area contributed by atoms with E-state index in [9.17, 15) is 9.59 Å². The van der Waals surface area contributed by atoms with Gasteiger partial charge in [0.1, 0.15) is 0 Å². The van der Waals surface area contributed by atoms with Gasteiger partial charge in [-0.15, -0.1) is 0 Å². The highest BCUT2D eigenvalue weighted by Gasteiger charge is 2.43. The number of ether oxygens (including phenoxy) is 5. The predicted molar refractivity (Wildman–Crippen MR) is 79.8 cm³/mol. The van der Waals surface area contributed by atoms with E-state index in [2.05, 4.69) is 4.74 Å². The van der Waals surface area contributed by atoms with Gasteiger partial charge in [0, 0.05) is 5.92 Å². The summed E-state index contributed by atoms with van der Waals surface area (Å²) in [6, 6.07) is 3.58. The smallest absolute Gasteiger partial charge is 0.320 e. The number of esters is 2. The average Bonchev–Trinajstić information content (AvgIpc) is 2.93. The highest BCUT2D eigenvalue weighted by atomic mass is 16.6. The molecule has 7 heteroatoms. The molecule has 0 radical (unpaired) electrons. The number of benzene rings is 1. The van der Waals surface area contributed by atoms with Crippen molar-refractivity contribution in [3.8, 4) is 17.2 Å². The van der Waals surface area contributed by atoms with Gasteiger partial charge >= 0.3 is 11.9 Å². The molecule has 0 N–H and O–H groups in total. The summed E-state index contributed by atoms with van der Waals surface area (Å²) < 4.78 is 25.6. The Morgan fingerprint density at radius 3 is 2.22 bits per heavy atom. The molecule has 1 aliphatic heterocycles. The van der Waals surface area contributed by atoms with Gasteiger partial charge in [-0.3, -0.25) is 9.59 Å². The lowest BCUT2D eigenvalue weighted by atomic mass is 9.89. The van der Waals surface area contributed by atoms with Gasteiger partial charge in [0.2, 0.25) is 5.75 Å². The Bertz CT molecular complexity index is 571. The zero-order chi connectivity index (χ0) is 17.0. The fourth-order valence-corrected chi connectivity index (χ4v) is 2.72. The molecule has 0 amide bonds. The number of hydrogen-bond donors (Lipinski definition) is 0. The maximum Gasteiger partial charge on any atom is 0.320 e. The van der Waals surface area contributed by atoms with E-state index < -0.39 is 17.9 Å². The molecule has 1 aromatic carbocycles. The van der Waals surface area contributed by atoms with Gasteiger partial charge in [0.25, 0.3) is 0 Å². The largest absolute Gasteiger partial charge is 0.493 e. The molecule has 0 spiro atoms. The number of cyclic esters (lactones) is 1. The summed E-state index contributed by atoms with van der Waals surface area (Å²) in [7, 11) is 5.84. The van der Waals surface area contributed by atoms with Crippen molar-refractivity contribution in [2.45, 2.75) is 6.42 Å². The summed E-state index contributed by atoms with van der Waals surface area (Å²) in [6.45, 7) is 0.176. The van der Waals surface area contributed by atoms with Crippen LogP contribution in [0.1, 0.15) is 5.56 Å². The molecule has 0 unspecified atom stereocenters. The summed E-state index contributed by atoms with van der Waals surface area (Å²) in [5.74, 6) is -0.804. The highest BCUT2D eigenvalue weighted by Crippen LogP contribution is 2.39. The van der Waals surface area contributed by atoms with Crippen molar-refractivity contribution < 1.29 is 33.3 Å². The van der Waals surface area contributed by atoms with Gasteiger partial charge in [-0.05, 0) is 24.1 Å². The normalized spacial score (nSPS) is 19.9. The van der Waals surface area contributed by atoms with E-state index in [1.807, 2.05) is 0 Å². The average molecular weight is 324 g/mol. The van der Waals surface area contributed by atoms with Gasteiger partial charge < -0.3 is 23.7 Å². The van der Waals surface area contributed by atoms with E-state index in [0.29, 0.717) is 23.7 Å². The van der Waals surface area contributed by atoms with Crippen molar-refractivity contribution in [1.82, 2.24) is 0 Å². The lowest BCUT2D eigenvalue weighted by Crippen LogP contribution is -2.28. The third kappa shape index (κ3) is 3.33. The topological polar surface area (TPSA) is 80.3 Å². The number of carbonyl (C=O) groups excluding carboxylic acids is 2. The van der Waals surface area contributed by atoms with Crippen LogP contribution in [0.5, 0.6) is 17.2 Å². The molecule has 1 fully saturated rings. The second kappa shape index (κ2) is 7.21. The Kier molecular flexibility index (Phi) is 5.31. The summed E-state index contributed by atoms with van der Waals surface area (Å²) in [4.78, 5) is 23.5. The first-order valence-electron chi connectivity index (χ1n) is 7.09. The molecule has 0 saturated carbocycles. The number of hydrogen-bond acceptors (Lipinski definition) is 7. The lowest BCUT2D eigenvalue weighted by Gasteiger charge is -2.17. The minimum atomic E-state index is -0.904. The monoisotopic (exact) mass is 324 g/mol. The molecule has 7 nitrogen and oxygen atoms in total. The van der Waals surface area contributed by atoms with Gasteiger partial charge in [-0.1, -0.05) is 0 Å². The molecule has 0 bridgehead atoms. The Balaban J connectivity index is 2.29. The van der Waals surface area contributed by atoms with E-state index in [-0.39, 0.29) is 12.5 Å². The van der Waals surface area contributed by atoms with Crippen LogP contribution in [0.2, 0.25) is 0 Å². The quantitative estimate of drug-likeness (QED) is 0.575. The summed E-state index contributed by atoms with van der Waals surface area (Å²) in [5.41, 5.74) is 0.844. The molecule has 23 heavy (non-hydrogen) atoms. The molecule has 1 saturated heterocycles. The molecule has 0 aromatic heterocycles. The molecular formula is C16H20O7. The first-order chi connectivity index (χ1) is 11.0. The van der Waals surface area contributed by atoms with Crippen molar-refractivity contribution in [3.63, 3.8) is 0 Å². The third-order valence-electron chi connectivity index (χ3n) is 3.84. The second-order valence-corrected chi connectivity index (χ2v) is 5.13. The Morgan fingerprint density at radius 2 is 1.74 bits per heavy atom. The summed E-state index contributed by atoms with van der Waals surface area (Å²) in [6.07, 6.45) is 0.447. The Hall–Kier alpha value is -2.44. The maximum absolute atomic E-state index is 11.8. The van der Waals surface area contributed by atoms with Crippen molar-refractivity contribution in [2.24, 2.45) is 11.8 Å². The second-order valence-electron chi connectivity index (χ2n) is 5.13. The van der Waals surface area contributed by atoms with Crippen LogP contribution in [0.3, 0.4) is 0 Å². The zero-order valence-electron chi connectivity index (χ0n) is 13.6. The third-order valence-corrected chi connectivity index (χ3v) is 3.84. The van der Waals surface area contributed by atoms with E-state index in [1.165, 1.54) is 28.4 Å². The van der Waals surface area contributed by atoms with Crippen molar-refractivity contribution in [3.05, 3.63) is 17.7 Å². The molecule has 1 aromatic rings. The molecule has 2 atom stereocenters. The Labute approximate surface area is 134 Å². The molecular weight excluding hydrogens is 304 g/mol. The minimum absolute atomic E-state index is 0.176. The number of carbonyl (C=O) groups is 2. The molecule has 0 aliphatic carbocycles. The van der Waals surface area contributed by atoms with Crippen LogP contribution in [0.15, 0.2) is 12.1 Å². The van der Waals surface area contributed by atoms with Gasteiger partial charge in [-0.2, -0.15) is 0 Å². The first-order valence-corrected chi connectivity index (χ1v) is 7.09. The van der Waals surface area contributed by atoms with Crippen LogP contribution in [0.4, 0.5) is 0 Å². The molecule has 1 heterocycles. The fraction of sp³-hybridized carbons (Fsp3) is 0.500. The first kappa shape index (κ1) is 16.9. The van der Waals surface area contributed by atoms with Crippen molar-refractivity contribution in [1.29, 1.82) is 0 Å². The van der Waals surface area contributed by atoms with E-state index >= 15 is 0 Å². The number of rotatable bonds is 6. The summed E-state index contributed by atoms with van der Waals surface area (Å²) in [5, 5.41) is 0. The Morgan fingerprint density at radius 1 is 1.13 bits per heavy atom. The van der Waals surface area contributed by atoms with Crippen LogP contribution in [-0.4, -0.2) is 47.0 Å². The van der Waals surface area contributed by atoms with Crippen molar-refractivity contribution in [2.75, 3.05) is 35.0 Å². The molecule has 1 aliphatic rings. The lowest BCUT2D eigenvalue weighted by molar-refractivity contribution is -0.154. The SMILES string of the molecule is COC(=O)[C@H]1C(=O)OC[C@@H]1Cc1cc(OC)c(OC)c(OC)c1. The maximum atomic E-state index is 11.8. The van der Waals surface area contributed by atoms with E-state index in [4.69, 9.17) is 18.9 Å². The van der Waals surface area contributed by atoms with Gasteiger partial charge in [0.15, 0.2) is 17.4 Å². The minimum Gasteiger partial charge on any atom is -0.493 e. The van der Waals surface area contributed by atoms with Crippen LogP contribution >= 0.6 is 0 Å². The van der Waals surface area contributed by atoms with Crippen LogP contribution in [-0.2, 0) is 25.5 Å². The molecule has 2 rings (SSSR count). The highest BCUT2D eigenvalue weighted by molar-refractivity contribution is 5.96. The van der Waals surface area contributed by atoms with Crippen molar-refractivity contribution >= 4 is 11.9 Å². The van der Waals surface area contributed by atoms with Gasteiger partial charge in [-0.25, -0.2) is 0 Å².